The van der Waals surface area contributed by atoms with Crippen LogP contribution in [0, 0.1) is 11.3 Å². The zero-order chi connectivity index (χ0) is 18.4. The summed E-state index contributed by atoms with van der Waals surface area (Å²) in [5.74, 6) is 1.04. The average molecular weight is 345 g/mol. The first-order valence-electron chi connectivity index (χ1n) is 9.20. The van der Waals surface area contributed by atoms with Crippen LogP contribution in [0.25, 0.3) is 0 Å². The largest absolute Gasteiger partial charge is 0.352 e. The molecule has 1 aromatic rings. The molecule has 0 aliphatic carbocycles. The molecule has 1 aromatic carbocycles. The van der Waals surface area contributed by atoms with Crippen LogP contribution in [0.1, 0.15) is 46.1 Å². The number of carbonyl (C=O) groups excluding carboxylic acids is 1. The van der Waals surface area contributed by atoms with Crippen molar-refractivity contribution >= 4 is 17.6 Å². The second-order valence-corrected chi connectivity index (χ2v) is 7.74. The molecule has 0 bridgehead atoms. The molecule has 0 saturated carbocycles. The number of nitrogens with one attached hydrogen (secondary N) is 2. The molecule has 1 fully saturated rings. The van der Waals surface area contributed by atoms with Crippen molar-refractivity contribution in [2.45, 2.75) is 47.1 Å². The molecule has 0 spiro atoms. The van der Waals surface area contributed by atoms with E-state index in [1.165, 1.54) is 6.42 Å². The Kier molecular flexibility index (Phi) is 6.45. The highest BCUT2D eigenvalue weighted by atomic mass is 16.1. The lowest BCUT2D eigenvalue weighted by molar-refractivity contribution is -0.119. The van der Waals surface area contributed by atoms with E-state index in [0.29, 0.717) is 12.0 Å². The number of hydrogen-bond donors (Lipinski definition) is 2. The molecule has 1 aliphatic heterocycles. The molecule has 0 radical (unpaired) electrons. The average Bonchev–Trinajstić information content (AvgIpc) is 2.94. The maximum absolute atomic E-state index is 12.0. The first-order valence-corrected chi connectivity index (χ1v) is 9.20. The fourth-order valence-corrected chi connectivity index (χ4v) is 3.02. The predicted octanol–water partition coefficient (Wildman–Crippen LogP) is 3.48. The van der Waals surface area contributed by atoms with E-state index in [4.69, 9.17) is 0 Å². The van der Waals surface area contributed by atoms with Crippen LogP contribution in [0.2, 0.25) is 0 Å². The zero-order valence-corrected chi connectivity index (χ0v) is 16.2. The first-order chi connectivity index (χ1) is 11.8. The molecule has 1 saturated heterocycles. The molecule has 1 unspecified atom stereocenters. The van der Waals surface area contributed by atoms with Crippen LogP contribution < -0.4 is 10.6 Å². The van der Waals surface area contributed by atoms with Gasteiger partial charge in [0.2, 0.25) is 5.91 Å². The molecule has 1 atom stereocenters. The zero-order valence-electron chi connectivity index (χ0n) is 16.2. The third kappa shape index (κ3) is 5.48. The van der Waals surface area contributed by atoms with Crippen LogP contribution in [0.3, 0.4) is 0 Å². The number of aliphatic imine (C=N–C) groups is 1. The number of guanidine groups is 1. The van der Waals surface area contributed by atoms with Gasteiger partial charge in [-0.25, -0.2) is 0 Å². The molecular weight excluding hydrogens is 312 g/mol. The highest BCUT2D eigenvalue weighted by Gasteiger charge is 2.30. The Morgan fingerprint density at radius 1 is 1.40 bits per heavy atom. The second kappa shape index (κ2) is 8.37. The third-order valence-corrected chi connectivity index (χ3v) is 4.89. The monoisotopic (exact) mass is 344 g/mol. The normalized spacial score (nSPS) is 18.1. The minimum absolute atomic E-state index is 0.0270. The van der Waals surface area contributed by atoms with E-state index in [-0.39, 0.29) is 11.8 Å². The maximum Gasteiger partial charge on any atom is 0.227 e. The molecule has 25 heavy (non-hydrogen) atoms. The Hall–Kier alpha value is -2.04. The van der Waals surface area contributed by atoms with Gasteiger partial charge in [0.25, 0.3) is 0 Å². The van der Waals surface area contributed by atoms with Crippen molar-refractivity contribution in [1.82, 2.24) is 10.2 Å². The SMILES string of the molecule is CCC(C)C(=O)Nc1cccc(CNC(=NC)N2CCC(C)(C)C2)c1. The molecule has 2 N–H and O–H groups in total. The van der Waals surface area contributed by atoms with Crippen molar-refractivity contribution in [2.75, 3.05) is 25.5 Å². The van der Waals surface area contributed by atoms with E-state index in [0.717, 1.165) is 36.7 Å². The highest BCUT2D eigenvalue weighted by molar-refractivity contribution is 5.92. The van der Waals surface area contributed by atoms with Crippen LogP contribution >= 0.6 is 0 Å². The van der Waals surface area contributed by atoms with Gasteiger partial charge >= 0.3 is 0 Å². The van der Waals surface area contributed by atoms with Crippen molar-refractivity contribution in [1.29, 1.82) is 0 Å². The number of likely N-dealkylation sites (tertiary alicyclic amines) is 1. The van der Waals surface area contributed by atoms with Gasteiger partial charge < -0.3 is 15.5 Å². The summed E-state index contributed by atoms with van der Waals surface area (Å²) in [6, 6.07) is 7.99. The Labute approximate surface area is 151 Å². The number of benzene rings is 1. The molecule has 2 rings (SSSR count). The van der Waals surface area contributed by atoms with Crippen molar-refractivity contribution in [3.63, 3.8) is 0 Å². The summed E-state index contributed by atoms with van der Waals surface area (Å²) in [6.45, 7) is 11.3. The van der Waals surface area contributed by atoms with Gasteiger partial charge in [-0.15, -0.1) is 0 Å². The third-order valence-electron chi connectivity index (χ3n) is 4.89. The number of nitrogens with zero attached hydrogens (tertiary/aromatic N) is 2. The van der Waals surface area contributed by atoms with Gasteiger partial charge in [0.05, 0.1) is 0 Å². The minimum Gasteiger partial charge on any atom is -0.352 e. The summed E-state index contributed by atoms with van der Waals surface area (Å²) in [5, 5.41) is 6.44. The Morgan fingerprint density at radius 2 is 2.16 bits per heavy atom. The van der Waals surface area contributed by atoms with Crippen molar-refractivity contribution in [3.05, 3.63) is 29.8 Å². The lowest BCUT2D eigenvalue weighted by Crippen LogP contribution is -2.40. The maximum atomic E-state index is 12.0. The van der Waals surface area contributed by atoms with Crippen LogP contribution in [0.4, 0.5) is 5.69 Å². The summed E-state index contributed by atoms with van der Waals surface area (Å²) in [6.07, 6.45) is 2.03. The fraction of sp³-hybridized carbons (Fsp3) is 0.600. The lowest BCUT2D eigenvalue weighted by Gasteiger charge is -2.23. The Balaban J connectivity index is 1.94. The van der Waals surface area contributed by atoms with E-state index in [1.807, 2.05) is 39.1 Å². The summed E-state index contributed by atoms with van der Waals surface area (Å²) in [5.41, 5.74) is 2.32. The Morgan fingerprint density at radius 3 is 2.76 bits per heavy atom. The lowest BCUT2D eigenvalue weighted by atomic mass is 9.93. The first kappa shape index (κ1) is 19.3. The van der Waals surface area contributed by atoms with Gasteiger partial charge in [-0.3, -0.25) is 9.79 Å². The van der Waals surface area contributed by atoms with Crippen LogP contribution in [0.5, 0.6) is 0 Å². The molecule has 5 heteroatoms. The highest BCUT2D eigenvalue weighted by Crippen LogP contribution is 2.28. The van der Waals surface area contributed by atoms with E-state index < -0.39 is 0 Å². The van der Waals surface area contributed by atoms with Crippen molar-refractivity contribution in [3.8, 4) is 0 Å². The van der Waals surface area contributed by atoms with E-state index in [9.17, 15) is 4.79 Å². The van der Waals surface area contributed by atoms with Gasteiger partial charge in [-0.05, 0) is 36.0 Å². The van der Waals surface area contributed by atoms with Gasteiger partial charge in [-0.1, -0.05) is 39.8 Å². The molecule has 5 nitrogen and oxygen atoms in total. The van der Waals surface area contributed by atoms with Gasteiger partial charge in [0, 0.05) is 38.3 Å². The van der Waals surface area contributed by atoms with Crippen LogP contribution in [-0.2, 0) is 11.3 Å². The molecule has 1 amide bonds. The summed E-state index contributed by atoms with van der Waals surface area (Å²) >= 11 is 0. The van der Waals surface area contributed by atoms with Crippen LogP contribution in [0.15, 0.2) is 29.3 Å². The van der Waals surface area contributed by atoms with Crippen LogP contribution in [-0.4, -0.2) is 36.9 Å². The smallest absolute Gasteiger partial charge is 0.227 e. The fourth-order valence-electron chi connectivity index (χ4n) is 3.02. The summed E-state index contributed by atoms with van der Waals surface area (Å²) in [7, 11) is 1.83. The van der Waals surface area contributed by atoms with Crippen molar-refractivity contribution in [2.24, 2.45) is 16.3 Å². The number of anilines is 1. The Bertz CT molecular complexity index is 624. The summed E-state index contributed by atoms with van der Waals surface area (Å²) < 4.78 is 0. The van der Waals surface area contributed by atoms with Gasteiger partial charge in [0.15, 0.2) is 5.96 Å². The molecule has 1 heterocycles. The summed E-state index contributed by atoms with van der Waals surface area (Å²) in [4.78, 5) is 18.8. The molecule has 138 valence electrons. The predicted molar refractivity (Wildman–Crippen MR) is 105 cm³/mol. The van der Waals surface area contributed by atoms with E-state index >= 15 is 0 Å². The molecule has 1 aliphatic rings. The standard InChI is InChI=1S/C20H32N4O/c1-6-15(2)18(25)23-17-9-7-8-16(12-17)13-22-19(21-5)24-11-10-20(3,4)14-24/h7-9,12,15H,6,10-11,13-14H2,1-5H3,(H,21,22)(H,23,25). The molecule has 0 aromatic heterocycles. The van der Waals surface area contributed by atoms with Gasteiger partial charge in [-0.2, -0.15) is 0 Å². The number of rotatable bonds is 5. The number of amides is 1. The van der Waals surface area contributed by atoms with E-state index in [2.05, 4.69) is 40.4 Å². The number of carbonyl (C=O) groups is 1. The molecular formula is C20H32N4O. The van der Waals surface area contributed by atoms with E-state index in [1.54, 1.807) is 0 Å². The van der Waals surface area contributed by atoms with Gasteiger partial charge in [0.1, 0.15) is 0 Å². The quantitative estimate of drug-likeness (QED) is 0.635. The number of hydrogen-bond acceptors (Lipinski definition) is 2. The minimum atomic E-state index is 0.0270. The van der Waals surface area contributed by atoms with Crippen molar-refractivity contribution < 1.29 is 4.79 Å². The second-order valence-electron chi connectivity index (χ2n) is 7.74. The topological polar surface area (TPSA) is 56.7 Å².